The SMILES string of the molecule is CNC(C)c1ccc(OCc2ccc(F)c(F)c2)c(Cl)c1. The summed E-state index contributed by atoms with van der Waals surface area (Å²) in [7, 11) is 1.87. The van der Waals surface area contributed by atoms with Crippen molar-refractivity contribution in [2.24, 2.45) is 0 Å². The summed E-state index contributed by atoms with van der Waals surface area (Å²) in [6, 6.07) is 9.35. The Hall–Kier alpha value is -1.65. The summed E-state index contributed by atoms with van der Waals surface area (Å²) < 4.78 is 31.5. The Morgan fingerprint density at radius 3 is 2.52 bits per heavy atom. The van der Waals surface area contributed by atoms with Gasteiger partial charge in [0, 0.05) is 6.04 Å². The van der Waals surface area contributed by atoms with E-state index in [2.05, 4.69) is 5.32 Å². The van der Waals surface area contributed by atoms with Crippen molar-refractivity contribution in [3.8, 4) is 5.75 Å². The van der Waals surface area contributed by atoms with Crippen LogP contribution in [0, 0.1) is 11.6 Å². The van der Waals surface area contributed by atoms with Gasteiger partial charge in [-0.25, -0.2) is 8.78 Å². The summed E-state index contributed by atoms with van der Waals surface area (Å²) in [6.45, 7) is 2.14. The lowest BCUT2D eigenvalue weighted by Gasteiger charge is -2.13. The van der Waals surface area contributed by atoms with Gasteiger partial charge in [-0.1, -0.05) is 23.7 Å². The second kappa shape index (κ2) is 6.87. The first kappa shape index (κ1) is 15.7. The molecule has 1 N–H and O–H groups in total. The third-order valence-electron chi connectivity index (χ3n) is 3.27. The molecule has 2 aromatic carbocycles. The topological polar surface area (TPSA) is 21.3 Å². The maximum Gasteiger partial charge on any atom is 0.159 e. The van der Waals surface area contributed by atoms with Crippen LogP contribution in [-0.4, -0.2) is 7.05 Å². The lowest BCUT2D eigenvalue weighted by molar-refractivity contribution is 0.305. The fourth-order valence-corrected chi connectivity index (χ4v) is 2.10. The smallest absolute Gasteiger partial charge is 0.159 e. The highest BCUT2D eigenvalue weighted by molar-refractivity contribution is 6.32. The summed E-state index contributed by atoms with van der Waals surface area (Å²) in [5.74, 6) is -1.25. The Kier molecular flexibility index (Phi) is 5.15. The molecule has 0 aliphatic rings. The molecule has 0 aliphatic heterocycles. The van der Waals surface area contributed by atoms with Gasteiger partial charge in [0.05, 0.1) is 5.02 Å². The largest absolute Gasteiger partial charge is 0.487 e. The number of nitrogens with one attached hydrogen (secondary N) is 1. The number of ether oxygens (including phenoxy) is 1. The van der Waals surface area contributed by atoms with Crippen LogP contribution in [0.25, 0.3) is 0 Å². The fourth-order valence-electron chi connectivity index (χ4n) is 1.86. The van der Waals surface area contributed by atoms with E-state index in [1.807, 2.05) is 26.1 Å². The summed E-state index contributed by atoms with van der Waals surface area (Å²) >= 11 is 6.17. The Morgan fingerprint density at radius 1 is 1.14 bits per heavy atom. The summed E-state index contributed by atoms with van der Waals surface area (Å²) in [6.07, 6.45) is 0. The van der Waals surface area contributed by atoms with Gasteiger partial charge in [0.15, 0.2) is 11.6 Å². The molecular formula is C16H16ClF2NO. The molecule has 21 heavy (non-hydrogen) atoms. The molecule has 1 atom stereocenters. The van der Waals surface area contributed by atoms with Crippen LogP contribution in [0.2, 0.25) is 5.02 Å². The molecule has 0 amide bonds. The monoisotopic (exact) mass is 311 g/mol. The lowest BCUT2D eigenvalue weighted by atomic mass is 10.1. The zero-order chi connectivity index (χ0) is 15.4. The molecule has 0 aliphatic carbocycles. The van der Waals surface area contributed by atoms with Crippen LogP contribution in [0.15, 0.2) is 36.4 Å². The van der Waals surface area contributed by atoms with Gasteiger partial charge in [-0.05, 0) is 49.4 Å². The highest BCUT2D eigenvalue weighted by Crippen LogP contribution is 2.28. The molecule has 2 nitrogen and oxygen atoms in total. The maximum absolute atomic E-state index is 13.1. The van der Waals surface area contributed by atoms with Crippen molar-refractivity contribution in [2.75, 3.05) is 7.05 Å². The lowest BCUT2D eigenvalue weighted by Crippen LogP contribution is -2.12. The maximum atomic E-state index is 13.1. The molecule has 0 saturated carbocycles. The zero-order valence-electron chi connectivity index (χ0n) is 11.8. The summed E-state index contributed by atoms with van der Waals surface area (Å²) in [5, 5.41) is 3.60. The Labute approximate surface area is 127 Å². The second-order valence-electron chi connectivity index (χ2n) is 4.74. The van der Waals surface area contributed by atoms with Crippen LogP contribution in [0.3, 0.4) is 0 Å². The third kappa shape index (κ3) is 3.93. The van der Waals surface area contributed by atoms with Gasteiger partial charge in [-0.2, -0.15) is 0 Å². The van der Waals surface area contributed by atoms with E-state index < -0.39 is 11.6 Å². The van der Waals surface area contributed by atoms with Gasteiger partial charge < -0.3 is 10.1 Å². The minimum atomic E-state index is -0.889. The predicted octanol–water partition coefficient (Wildman–Crippen LogP) is 4.48. The van der Waals surface area contributed by atoms with E-state index in [0.717, 1.165) is 17.7 Å². The van der Waals surface area contributed by atoms with Crippen molar-refractivity contribution < 1.29 is 13.5 Å². The van der Waals surface area contributed by atoms with Crippen molar-refractivity contribution in [1.29, 1.82) is 0 Å². The summed E-state index contributed by atoms with van der Waals surface area (Å²) in [5.41, 5.74) is 1.58. The van der Waals surface area contributed by atoms with E-state index in [1.165, 1.54) is 6.07 Å². The van der Waals surface area contributed by atoms with Gasteiger partial charge in [0.2, 0.25) is 0 Å². The highest BCUT2D eigenvalue weighted by Gasteiger charge is 2.08. The number of hydrogen-bond donors (Lipinski definition) is 1. The molecule has 0 heterocycles. The predicted molar refractivity (Wildman–Crippen MR) is 79.6 cm³/mol. The molecule has 0 aromatic heterocycles. The number of rotatable bonds is 5. The van der Waals surface area contributed by atoms with Crippen LogP contribution in [0.1, 0.15) is 24.1 Å². The number of halogens is 3. The average molecular weight is 312 g/mol. The quantitative estimate of drug-likeness (QED) is 0.879. The molecule has 1 unspecified atom stereocenters. The molecule has 0 radical (unpaired) electrons. The molecule has 0 fully saturated rings. The summed E-state index contributed by atoms with van der Waals surface area (Å²) in [4.78, 5) is 0. The van der Waals surface area contributed by atoms with Crippen molar-refractivity contribution >= 4 is 11.6 Å². The molecule has 5 heteroatoms. The molecule has 0 spiro atoms. The van der Waals surface area contributed by atoms with Crippen molar-refractivity contribution in [1.82, 2.24) is 5.32 Å². The highest BCUT2D eigenvalue weighted by atomic mass is 35.5. The van der Waals surface area contributed by atoms with E-state index >= 15 is 0 Å². The minimum Gasteiger partial charge on any atom is -0.487 e. The van der Waals surface area contributed by atoms with Gasteiger partial charge in [-0.3, -0.25) is 0 Å². The Balaban J connectivity index is 2.07. The second-order valence-corrected chi connectivity index (χ2v) is 5.14. The molecular weight excluding hydrogens is 296 g/mol. The van der Waals surface area contributed by atoms with Gasteiger partial charge >= 0.3 is 0 Å². The molecule has 2 aromatic rings. The van der Waals surface area contributed by atoms with Gasteiger partial charge in [-0.15, -0.1) is 0 Å². The third-order valence-corrected chi connectivity index (χ3v) is 3.56. The Morgan fingerprint density at radius 2 is 1.90 bits per heavy atom. The van der Waals surface area contributed by atoms with Crippen molar-refractivity contribution in [3.05, 3.63) is 64.2 Å². The van der Waals surface area contributed by atoms with Gasteiger partial charge in [0.1, 0.15) is 12.4 Å². The van der Waals surface area contributed by atoms with Crippen LogP contribution in [0.5, 0.6) is 5.75 Å². The fraction of sp³-hybridized carbons (Fsp3) is 0.250. The van der Waals surface area contributed by atoms with Gasteiger partial charge in [0.25, 0.3) is 0 Å². The first-order valence-corrected chi connectivity index (χ1v) is 6.92. The van der Waals surface area contributed by atoms with Crippen LogP contribution >= 0.6 is 11.6 Å². The number of benzene rings is 2. The van der Waals surface area contributed by atoms with Crippen molar-refractivity contribution in [2.45, 2.75) is 19.6 Å². The standard InChI is InChI=1S/C16H16ClF2NO/c1-10(20-2)12-4-6-16(13(17)8-12)21-9-11-3-5-14(18)15(19)7-11/h3-8,10,20H,9H2,1-2H3. The van der Waals surface area contributed by atoms with E-state index in [1.54, 1.807) is 6.07 Å². The molecule has 112 valence electrons. The first-order chi connectivity index (χ1) is 10.0. The average Bonchev–Trinajstić information content (AvgIpc) is 2.48. The molecule has 0 saturated heterocycles. The first-order valence-electron chi connectivity index (χ1n) is 6.54. The van der Waals surface area contributed by atoms with E-state index in [0.29, 0.717) is 16.3 Å². The molecule has 0 bridgehead atoms. The molecule has 2 rings (SSSR count). The minimum absolute atomic E-state index is 0.123. The van der Waals surface area contributed by atoms with Crippen molar-refractivity contribution in [3.63, 3.8) is 0 Å². The van der Waals surface area contributed by atoms with Crippen LogP contribution < -0.4 is 10.1 Å². The van der Waals surface area contributed by atoms with E-state index in [4.69, 9.17) is 16.3 Å². The number of hydrogen-bond acceptors (Lipinski definition) is 2. The zero-order valence-corrected chi connectivity index (χ0v) is 12.5. The van der Waals surface area contributed by atoms with E-state index in [9.17, 15) is 8.78 Å². The Bertz CT molecular complexity index is 634. The van der Waals surface area contributed by atoms with Crippen LogP contribution in [-0.2, 0) is 6.61 Å². The normalized spacial score (nSPS) is 12.2. The van der Waals surface area contributed by atoms with Crippen LogP contribution in [0.4, 0.5) is 8.78 Å². The van der Waals surface area contributed by atoms with E-state index in [-0.39, 0.29) is 12.6 Å².